The third-order valence-corrected chi connectivity index (χ3v) is 9.55. The fourth-order valence-electron chi connectivity index (χ4n) is 6.70. The first kappa shape index (κ1) is 24.5. The van der Waals surface area contributed by atoms with Crippen molar-refractivity contribution in [2.75, 3.05) is 4.43 Å². The van der Waals surface area contributed by atoms with Gasteiger partial charge in [-0.3, -0.25) is 4.98 Å². The Labute approximate surface area is 214 Å². The molecule has 3 aliphatic rings. The molecule has 2 aliphatic carbocycles. The van der Waals surface area contributed by atoms with Crippen molar-refractivity contribution >= 4 is 22.6 Å². The molecule has 0 N–H and O–H groups in total. The number of pyridine rings is 1. The predicted octanol–water partition coefficient (Wildman–Crippen LogP) is 8.60. The summed E-state index contributed by atoms with van der Waals surface area (Å²) < 4.78 is 47.2. The number of halogens is 4. The van der Waals surface area contributed by atoms with Gasteiger partial charge in [0.25, 0.3) is 0 Å². The van der Waals surface area contributed by atoms with E-state index < -0.39 is 17.3 Å². The second-order valence-electron chi connectivity index (χ2n) is 11.6. The highest BCUT2D eigenvalue weighted by molar-refractivity contribution is 14.1. The van der Waals surface area contributed by atoms with Gasteiger partial charge in [-0.1, -0.05) is 68.3 Å². The molecule has 1 aliphatic heterocycles. The first-order valence-corrected chi connectivity index (χ1v) is 13.9. The maximum absolute atomic E-state index is 13.2. The molecule has 0 bridgehead atoms. The number of nitrogens with zero attached hydrogens (tertiary/aromatic N) is 1. The molecule has 6 heteroatoms. The highest BCUT2D eigenvalue weighted by Crippen LogP contribution is 2.55. The number of benzene rings is 1. The van der Waals surface area contributed by atoms with E-state index in [-0.39, 0.29) is 11.5 Å². The number of fused-ring (bicyclic) bond motifs is 2. The molecule has 3 atom stereocenters. The van der Waals surface area contributed by atoms with Crippen molar-refractivity contribution in [3.63, 3.8) is 0 Å². The molecule has 0 radical (unpaired) electrons. The summed E-state index contributed by atoms with van der Waals surface area (Å²) in [6.07, 6.45) is 2.14. The largest absolute Gasteiger partial charge is 0.416 e. The van der Waals surface area contributed by atoms with Crippen molar-refractivity contribution in [2.24, 2.45) is 5.41 Å². The number of hydrogen-bond donors (Lipinski definition) is 0. The lowest BCUT2D eigenvalue weighted by Crippen LogP contribution is -2.30. The van der Waals surface area contributed by atoms with Crippen LogP contribution in [-0.2, 0) is 22.9 Å². The fraction of sp³-hybridized carbons (Fsp3) is 0.607. The Morgan fingerprint density at radius 2 is 1.68 bits per heavy atom. The third-order valence-electron chi connectivity index (χ3n) is 8.09. The molecule has 0 amide bonds. The van der Waals surface area contributed by atoms with Crippen LogP contribution in [0.2, 0.25) is 0 Å². The van der Waals surface area contributed by atoms with Crippen molar-refractivity contribution in [1.82, 2.24) is 4.98 Å². The lowest BCUT2D eigenvalue weighted by atomic mass is 9.68. The first-order valence-electron chi connectivity index (χ1n) is 12.4. The number of ether oxygens (including phenoxy) is 1. The maximum Gasteiger partial charge on any atom is 0.416 e. The molecule has 2 aromatic rings. The standard InChI is InChI=1S/C28H33F3INO/c1-16-13-26(2,3)14-20-21(16)22(17-7-5-6-8-17)23-24(34-27(4,15-32)25(23)33-20)18-9-11-19(12-10-18)28(29,30)31/h9-12,16-17,24H,5-8,13-15H2,1-4H3. The van der Waals surface area contributed by atoms with Crippen molar-refractivity contribution in [2.45, 2.75) is 95.9 Å². The number of hydrogen-bond acceptors (Lipinski definition) is 2. The zero-order valence-corrected chi connectivity index (χ0v) is 22.5. The van der Waals surface area contributed by atoms with Crippen LogP contribution in [0.4, 0.5) is 13.2 Å². The summed E-state index contributed by atoms with van der Waals surface area (Å²) in [6.45, 7) is 9.08. The Hall–Kier alpha value is -1.15. The lowest BCUT2D eigenvalue weighted by molar-refractivity contribution is -0.137. The molecule has 5 rings (SSSR count). The molecule has 1 aromatic heterocycles. The van der Waals surface area contributed by atoms with Crippen LogP contribution >= 0.6 is 22.6 Å². The summed E-state index contributed by atoms with van der Waals surface area (Å²) >= 11 is 2.36. The molecule has 1 fully saturated rings. The van der Waals surface area contributed by atoms with Gasteiger partial charge in [-0.15, -0.1) is 0 Å². The third kappa shape index (κ3) is 4.10. The summed E-state index contributed by atoms with van der Waals surface area (Å²) in [5.74, 6) is 0.887. The van der Waals surface area contributed by atoms with Gasteiger partial charge in [0.2, 0.25) is 0 Å². The topological polar surface area (TPSA) is 22.1 Å². The van der Waals surface area contributed by atoms with Gasteiger partial charge < -0.3 is 4.74 Å². The van der Waals surface area contributed by atoms with Crippen molar-refractivity contribution < 1.29 is 17.9 Å². The van der Waals surface area contributed by atoms with E-state index in [2.05, 4.69) is 50.3 Å². The summed E-state index contributed by atoms with van der Waals surface area (Å²) in [6, 6.07) is 5.57. The van der Waals surface area contributed by atoms with E-state index in [0.717, 1.165) is 34.1 Å². The predicted molar refractivity (Wildman–Crippen MR) is 137 cm³/mol. The fourth-order valence-corrected chi connectivity index (χ4v) is 7.24. The Balaban J connectivity index is 1.73. The van der Waals surface area contributed by atoms with Crippen molar-refractivity contribution in [3.8, 4) is 0 Å². The number of aromatic nitrogens is 1. The summed E-state index contributed by atoms with van der Waals surface area (Å²) in [5.41, 5.74) is 6.01. The average Bonchev–Trinajstić information content (AvgIpc) is 3.38. The van der Waals surface area contributed by atoms with Crippen LogP contribution in [0.1, 0.15) is 117 Å². The Morgan fingerprint density at radius 3 is 2.26 bits per heavy atom. The minimum atomic E-state index is -4.35. The molecule has 0 spiro atoms. The molecule has 34 heavy (non-hydrogen) atoms. The van der Waals surface area contributed by atoms with Crippen molar-refractivity contribution in [3.05, 3.63) is 63.5 Å². The van der Waals surface area contributed by atoms with E-state index in [0.29, 0.717) is 11.8 Å². The normalized spacial score (nSPS) is 28.7. The van der Waals surface area contributed by atoms with Crippen LogP contribution in [-0.4, -0.2) is 9.41 Å². The van der Waals surface area contributed by atoms with Gasteiger partial charge >= 0.3 is 6.18 Å². The molecular weight excluding hydrogens is 550 g/mol. The molecule has 2 heterocycles. The molecule has 1 aromatic carbocycles. The van der Waals surface area contributed by atoms with Gasteiger partial charge in [0, 0.05) is 15.7 Å². The van der Waals surface area contributed by atoms with Gasteiger partial charge in [-0.05, 0) is 78.7 Å². The molecule has 3 unspecified atom stereocenters. The zero-order valence-electron chi connectivity index (χ0n) is 20.4. The van der Waals surface area contributed by atoms with Crippen LogP contribution in [0.3, 0.4) is 0 Å². The van der Waals surface area contributed by atoms with Gasteiger partial charge in [0.15, 0.2) is 0 Å². The van der Waals surface area contributed by atoms with Gasteiger partial charge in [0.05, 0.1) is 11.3 Å². The molecule has 0 saturated heterocycles. The van der Waals surface area contributed by atoms with E-state index in [1.54, 1.807) is 12.1 Å². The summed E-state index contributed by atoms with van der Waals surface area (Å²) in [7, 11) is 0. The van der Waals surface area contributed by atoms with E-state index in [1.807, 2.05) is 0 Å². The van der Waals surface area contributed by atoms with Gasteiger partial charge in [0.1, 0.15) is 11.7 Å². The Bertz CT molecular complexity index is 1090. The smallest absolute Gasteiger partial charge is 0.355 e. The average molecular weight is 583 g/mol. The minimum Gasteiger partial charge on any atom is -0.355 e. The highest BCUT2D eigenvalue weighted by Gasteiger charge is 2.48. The summed E-state index contributed by atoms with van der Waals surface area (Å²) in [4.78, 5) is 5.32. The van der Waals surface area contributed by atoms with Crippen LogP contribution in [0, 0.1) is 5.41 Å². The summed E-state index contributed by atoms with van der Waals surface area (Å²) in [5, 5.41) is 0. The van der Waals surface area contributed by atoms with Crippen LogP contribution in [0.25, 0.3) is 0 Å². The quantitative estimate of drug-likeness (QED) is 0.267. The van der Waals surface area contributed by atoms with Gasteiger partial charge in [-0.25, -0.2) is 0 Å². The minimum absolute atomic E-state index is 0.202. The second-order valence-corrected chi connectivity index (χ2v) is 12.3. The van der Waals surface area contributed by atoms with E-state index in [9.17, 15) is 13.2 Å². The van der Waals surface area contributed by atoms with Crippen LogP contribution in [0.15, 0.2) is 24.3 Å². The Kier molecular flexibility index (Phi) is 6.11. The molecular formula is C28H33F3INO. The first-order chi connectivity index (χ1) is 15.9. The SMILES string of the molecule is CC1CC(C)(C)Cc2nc3c(c(C4CCCC4)c21)C(c1ccc(C(F)(F)F)cc1)OC3(C)CI. The lowest BCUT2D eigenvalue weighted by Gasteiger charge is -2.38. The number of rotatable bonds is 3. The monoisotopic (exact) mass is 583 g/mol. The molecule has 1 saturated carbocycles. The zero-order chi connectivity index (χ0) is 24.5. The van der Waals surface area contributed by atoms with Crippen molar-refractivity contribution in [1.29, 1.82) is 0 Å². The highest BCUT2D eigenvalue weighted by atomic mass is 127. The van der Waals surface area contributed by atoms with Crippen LogP contribution < -0.4 is 0 Å². The van der Waals surface area contributed by atoms with Crippen LogP contribution in [0.5, 0.6) is 0 Å². The second kappa shape index (κ2) is 8.46. The molecule has 184 valence electrons. The van der Waals surface area contributed by atoms with E-state index in [4.69, 9.17) is 9.72 Å². The maximum atomic E-state index is 13.2. The molecule has 2 nitrogen and oxygen atoms in total. The van der Waals surface area contributed by atoms with E-state index in [1.165, 1.54) is 54.6 Å². The Morgan fingerprint density at radius 1 is 1.03 bits per heavy atom. The van der Waals surface area contributed by atoms with Gasteiger partial charge in [-0.2, -0.15) is 13.2 Å². The number of alkyl halides is 4. The van der Waals surface area contributed by atoms with E-state index >= 15 is 0 Å².